The van der Waals surface area contributed by atoms with E-state index in [1.807, 2.05) is 18.2 Å². The van der Waals surface area contributed by atoms with Crippen LogP contribution in [0.4, 0.5) is 0 Å². The van der Waals surface area contributed by atoms with E-state index in [4.69, 9.17) is 0 Å². The summed E-state index contributed by atoms with van der Waals surface area (Å²) in [5.41, 5.74) is 0.838. The Kier molecular flexibility index (Phi) is 4.29. The van der Waals surface area contributed by atoms with Crippen molar-refractivity contribution in [3.05, 3.63) is 35.9 Å². The second-order valence-corrected chi connectivity index (χ2v) is 6.70. The second-order valence-electron chi connectivity index (χ2n) is 6.70. The molecule has 0 aromatic heterocycles. The van der Waals surface area contributed by atoms with Crippen LogP contribution in [0.15, 0.2) is 30.3 Å². The molecule has 2 aliphatic carbocycles. The number of benzene rings is 1. The van der Waals surface area contributed by atoms with Crippen LogP contribution in [-0.4, -0.2) is 23.7 Å². The molecular formula is C18H25NO2. The van der Waals surface area contributed by atoms with Gasteiger partial charge in [-0.1, -0.05) is 43.2 Å². The molecule has 0 radical (unpaired) electrons. The first kappa shape index (κ1) is 14.6. The van der Waals surface area contributed by atoms with Crippen LogP contribution in [0, 0.1) is 5.92 Å². The fourth-order valence-corrected chi connectivity index (χ4v) is 4.02. The average molecular weight is 287 g/mol. The van der Waals surface area contributed by atoms with Crippen molar-refractivity contribution in [2.75, 3.05) is 6.54 Å². The number of carbonyl (C=O) groups excluding carboxylic acids is 1. The van der Waals surface area contributed by atoms with Gasteiger partial charge in [0.25, 0.3) is 0 Å². The van der Waals surface area contributed by atoms with Gasteiger partial charge in [-0.05, 0) is 43.6 Å². The first-order valence-electron chi connectivity index (χ1n) is 8.22. The SMILES string of the molecule is O=C(NCC1CCC(O)C1)C1(c2ccccc2)CCCC1. The minimum Gasteiger partial charge on any atom is -0.393 e. The van der Waals surface area contributed by atoms with E-state index in [1.54, 1.807) is 0 Å². The van der Waals surface area contributed by atoms with Crippen LogP contribution in [0.5, 0.6) is 0 Å². The molecule has 0 bridgehead atoms. The minimum atomic E-state index is -0.321. The summed E-state index contributed by atoms with van der Waals surface area (Å²) in [6.45, 7) is 0.713. The van der Waals surface area contributed by atoms with Crippen LogP contribution in [0.3, 0.4) is 0 Å². The molecule has 21 heavy (non-hydrogen) atoms. The molecule has 2 unspecified atom stereocenters. The quantitative estimate of drug-likeness (QED) is 0.894. The molecule has 2 atom stereocenters. The maximum Gasteiger partial charge on any atom is 0.230 e. The number of hydrogen-bond donors (Lipinski definition) is 2. The fourth-order valence-electron chi connectivity index (χ4n) is 4.02. The molecular weight excluding hydrogens is 262 g/mol. The zero-order valence-electron chi connectivity index (χ0n) is 12.6. The summed E-state index contributed by atoms with van der Waals surface area (Å²) in [5, 5.41) is 12.8. The molecule has 2 N–H and O–H groups in total. The Morgan fingerprint density at radius 1 is 1.19 bits per heavy atom. The lowest BCUT2D eigenvalue weighted by Crippen LogP contribution is -2.44. The molecule has 0 spiro atoms. The number of aliphatic hydroxyl groups excluding tert-OH is 1. The van der Waals surface area contributed by atoms with E-state index in [-0.39, 0.29) is 17.4 Å². The van der Waals surface area contributed by atoms with Gasteiger partial charge in [-0.15, -0.1) is 0 Å². The summed E-state index contributed by atoms with van der Waals surface area (Å²) < 4.78 is 0. The van der Waals surface area contributed by atoms with Crippen LogP contribution >= 0.6 is 0 Å². The molecule has 0 aliphatic heterocycles. The van der Waals surface area contributed by atoms with Gasteiger partial charge in [0.05, 0.1) is 11.5 Å². The van der Waals surface area contributed by atoms with Gasteiger partial charge in [0, 0.05) is 6.54 Å². The number of hydrogen-bond acceptors (Lipinski definition) is 2. The van der Waals surface area contributed by atoms with E-state index in [0.29, 0.717) is 12.5 Å². The molecule has 114 valence electrons. The van der Waals surface area contributed by atoms with Gasteiger partial charge < -0.3 is 10.4 Å². The number of amides is 1. The fraction of sp³-hybridized carbons (Fsp3) is 0.611. The third-order valence-electron chi connectivity index (χ3n) is 5.28. The largest absolute Gasteiger partial charge is 0.393 e. The van der Waals surface area contributed by atoms with Gasteiger partial charge in [0.2, 0.25) is 5.91 Å². The van der Waals surface area contributed by atoms with Crippen molar-refractivity contribution >= 4 is 5.91 Å². The van der Waals surface area contributed by atoms with Crippen molar-refractivity contribution in [2.24, 2.45) is 5.92 Å². The van der Waals surface area contributed by atoms with Gasteiger partial charge in [0.15, 0.2) is 0 Å². The Bertz CT molecular complexity index is 479. The standard InChI is InChI=1S/C18H25NO2/c20-16-9-8-14(12-16)13-19-17(21)18(10-4-5-11-18)15-6-2-1-3-7-15/h1-3,6-7,14,16,20H,4-5,8-13H2,(H,19,21). The van der Waals surface area contributed by atoms with E-state index >= 15 is 0 Å². The van der Waals surface area contributed by atoms with Crippen LogP contribution < -0.4 is 5.32 Å². The van der Waals surface area contributed by atoms with E-state index < -0.39 is 0 Å². The lowest BCUT2D eigenvalue weighted by molar-refractivity contribution is -0.126. The highest BCUT2D eigenvalue weighted by Crippen LogP contribution is 2.41. The normalized spacial score (nSPS) is 27.7. The lowest BCUT2D eigenvalue weighted by Gasteiger charge is -2.29. The minimum absolute atomic E-state index is 0.165. The lowest BCUT2D eigenvalue weighted by atomic mass is 9.78. The Morgan fingerprint density at radius 2 is 1.90 bits per heavy atom. The van der Waals surface area contributed by atoms with E-state index in [2.05, 4.69) is 17.4 Å². The number of aliphatic hydroxyl groups is 1. The smallest absolute Gasteiger partial charge is 0.230 e. The van der Waals surface area contributed by atoms with Gasteiger partial charge in [-0.25, -0.2) is 0 Å². The third-order valence-corrected chi connectivity index (χ3v) is 5.28. The molecule has 3 nitrogen and oxygen atoms in total. The van der Waals surface area contributed by atoms with Crippen molar-refractivity contribution in [1.82, 2.24) is 5.32 Å². The van der Waals surface area contributed by atoms with Gasteiger partial charge in [-0.2, -0.15) is 0 Å². The zero-order valence-corrected chi connectivity index (χ0v) is 12.6. The molecule has 1 aromatic carbocycles. The Morgan fingerprint density at radius 3 is 2.52 bits per heavy atom. The number of rotatable bonds is 4. The Hall–Kier alpha value is -1.35. The molecule has 0 heterocycles. The predicted molar refractivity (Wildman–Crippen MR) is 82.9 cm³/mol. The Labute approximate surface area is 126 Å². The second kappa shape index (κ2) is 6.18. The highest BCUT2D eigenvalue weighted by atomic mass is 16.3. The van der Waals surface area contributed by atoms with Crippen LogP contribution in [0.2, 0.25) is 0 Å². The van der Waals surface area contributed by atoms with E-state index in [0.717, 1.165) is 50.5 Å². The topological polar surface area (TPSA) is 49.3 Å². The number of nitrogens with one attached hydrogen (secondary N) is 1. The van der Waals surface area contributed by atoms with Crippen molar-refractivity contribution in [3.63, 3.8) is 0 Å². The average Bonchev–Trinajstić information content (AvgIpc) is 3.15. The highest BCUT2D eigenvalue weighted by Gasteiger charge is 2.42. The molecule has 0 saturated heterocycles. The number of carbonyl (C=O) groups is 1. The molecule has 3 rings (SSSR count). The van der Waals surface area contributed by atoms with Gasteiger partial charge in [0.1, 0.15) is 0 Å². The van der Waals surface area contributed by atoms with Crippen molar-refractivity contribution in [3.8, 4) is 0 Å². The summed E-state index contributed by atoms with van der Waals surface area (Å²) in [7, 11) is 0. The first-order valence-corrected chi connectivity index (χ1v) is 8.22. The first-order chi connectivity index (χ1) is 10.2. The summed E-state index contributed by atoms with van der Waals surface area (Å²) in [6, 6.07) is 10.2. The maximum atomic E-state index is 12.8. The van der Waals surface area contributed by atoms with Crippen LogP contribution in [-0.2, 0) is 10.2 Å². The maximum absolute atomic E-state index is 12.8. The molecule has 2 saturated carbocycles. The Balaban J connectivity index is 1.68. The van der Waals surface area contributed by atoms with E-state index in [1.165, 1.54) is 0 Å². The van der Waals surface area contributed by atoms with Crippen molar-refractivity contribution in [2.45, 2.75) is 56.5 Å². The summed E-state index contributed by atoms with van der Waals surface area (Å²) in [4.78, 5) is 12.8. The summed E-state index contributed by atoms with van der Waals surface area (Å²) >= 11 is 0. The molecule has 3 heteroatoms. The predicted octanol–water partition coefficient (Wildman–Crippen LogP) is 2.78. The van der Waals surface area contributed by atoms with Gasteiger partial charge >= 0.3 is 0 Å². The third kappa shape index (κ3) is 2.98. The van der Waals surface area contributed by atoms with Gasteiger partial charge in [-0.3, -0.25) is 4.79 Å². The van der Waals surface area contributed by atoms with E-state index in [9.17, 15) is 9.90 Å². The molecule has 2 fully saturated rings. The van der Waals surface area contributed by atoms with Crippen molar-refractivity contribution in [1.29, 1.82) is 0 Å². The summed E-state index contributed by atoms with van der Waals surface area (Å²) in [5.74, 6) is 0.630. The zero-order chi connectivity index (χ0) is 14.7. The van der Waals surface area contributed by atoms with Crippen molar-refractivity contribution < 1.29 is 9.90 Å². The molecule has 2 aliphatic rings. The highest BCUT2D eigenvalue weighted by molar-refractivity contribution is 5.88. The molecule has 1 amide bonds. The van der Waals surface area contributed by atoms with Crippen LogP contribution in [0.1, 0.15) is 50.5 Å². The molecule has 1 aromatic rings. The summed E-state index contributed by atoms with van der Waals surface area (Å²) in [6.07, 6.45) is 6.74. The monoisotopic (exact) mass is 287 g/mol. The van der Waals surface area contributed by atoms with Crippen LogP contribution in [0.25, 0.3) is 0 Å².